The predicted octanol–water partition coefficient (Wildman–Crippen LogP) is -3.54. The number of esters is 1. The maximum Gasteiger partial charge on any atom is 0.329 e. The Balaban J connectivity index is 5.62. The number of hydrogen-bond acceptors (Lipinski definition) is 14. The molecule has 0 fully saturated rings. The first-order valence-corrected chi connectivity index (χ1v) is 15.6. The second kappa shape index (κ2) is 23.3. The van der Waals surface area contributed by atoms with E-state index in [4.69, 9.17) is 20.7 Å². The summed E-state index contributed by atoms with van der Waals surface area (Å²) in [5, 5.41) is 84.7. The van der Waals surface area contributed by atoms with Gasteiger partial charge in [0.15, 0.2) is 0 Å². The molecule has 16 nitrogen and oxygen atoms in total. The number of ether oxygens (including phenoxy) is 1. The van der Waals surface area contributed by atoms with Gasteiger partial charge >= 0.3 is 5.97 Å². The van der Waals surface area contributed by atoms with Gasteiger partial charge in [-0.2, -0.15) is 0 Å². The summed E-state index contributed by atoms with van der Waals surface area (Å²) in [6, 6.07) is -1.93. The number of aliphatic hydroxyl groups excluding tert-OH is 8. The topological polar surface area (TPSA) is 276 Å². The Bertz CT molecular complexity index is 793. The maximum atomic E-state index is 13.0. The molecule has 0 saturated heterocycles. The molecule has 0 rings (SSSR count). The van der Waals surface area contributed by atoms with Crippen LogP contribution in [0.25, 0.3) is 0 Å². The van der Waals surface area contributed by atoms with Crippen LogP contribution >= 0.6 is 0 Å². The number of hydrogen-bond donors (Lipinski definition) is 11. The van der Waals surface area contributed by atoms with Crippen LogP contribution in [0, 0.1) is 0 Å². The van der Waals surface area contributed by atoms with Crippen LogP contribution in [-0.4, -0.2) is 158 Å². The number of nitrogens with one attached hydrogen (secondary N) is 2. The molecule has 0 aliphatic carbocycles. The summed E-state index contributed by atoms with van der Waals surface area (Å²) >= 11 is 0. The second-order valence-electron chi connectivity index (χ2n) is 12.2. The molecule has 16 heteroatoms. The highest BCUT2D eigenvalue weighted by Crippen LogP contribution is 2.15. The Morgan fingerprint density at radius 1 is 0.778 bits per heavy atom. The number of nitrogens with zero attached hydrogens (tertiary/aromatic N) is 1. The number of nitrogens with two attached hydrogens (primary N) is 1. The average molecular weight is 655 g/mol. The fourth-order valence-corrected chi connectivity index (χ4v) is 4.56. The first kappa shape index (κ1) is 43.0. The van der Waals surface area contributed by atoms with Gasteiger partial charge in [0.05, 0.1) is 24.4 Å². The molecule has 0 aromatic rings. The van der Waals surface area contributed by atoms with Gasteiger partial charge in [0.1, 0.15) is 29.9 Å². The lowest BCUT2D eigenvalue weighted by Gasteiger charge is -2.32. The molecule has 266 valence electrons. The quantitative estimate of drug-likeness (QED) is 0.0245. The monoisotopic (exact) mass is 654 g/mol. The molecule has 0 heterocycles. The molecule has 0 aromatic carbocycles. The average Bonchev–Trinajstić information content (AvgIpc) is 2.96. The third-order valence-corrected chi connectivity index (χ3v) is 7.07. The Morgan fingerprint density at radius 2 is 1.27 bits per heavy atom. The molecule has 0 aromatic heterocycles. The fourth-order valence-electron chi connectivity index (χ4n) is 4.56. The van der Waals surface area contributed by atoms with Gasteiger partial charge in [-0.3, -0.25) is 14.5 Å². The Morgan fingerprint density at radius 3 is 1.71 bits per heavy atom. The zero-order chi connectivity index (χ0) is 34.6. The fraction of sp³-hybridized carbons (Fsp3) is 0.897. The Hall–Kier alpha value is -1.99. The molecule has 0 aliphatic heterocycles. The van der Waals surface area contributed by atoms with Crippen molar-refractivity contribution >= 4 is 18.3 Å². The van der Waals surface area contributed by atoms with Crippen molar-refractivity contribution in [3.05, 3.63) is 0 Å². The van der Waals surface area contributed by atoms with Crippen LogP contribution in [0.15, 0.2) is 0 Å². The molecule has 8 atom stereocenters. The van der Waals surface area contributed by atoms with Gasteiger partial charge in [0.25, 0.3) is 0 Å². The largest absolute Gasteiger partial charge is 0.458 e. The summed E-state index contributed by atoms with van der Waals surface area (Å²) in [4.78, 5) is 38.5. The van der Waals surface area contributed by atoms with Gasteiger partial charge in [0.2, 0.25) is 12.3 Å². The van der Waals surface area contributed by atoms with Crippen LogP contribution in [-0.2, 0) is 19.1 Å². The zero-order valence-corrected chi connectivity index (χ0v) is 26.8. The Labute approximate surface area is 265 Å². The SMILES string of the molecule is CC(C)(C)OC(=O)C(CCCCN(CC(O)C(O)C(O)CCO)CC(O)C(O)C(O)CCO)NC(=O)[C@H](CCCCN)NC=O. The molecule has 45 heavy (non-hydrogen) atoms. The van der Waals surface area contributed by atoms with Crippen LogP contribution in [0.2, 0.25) is 0 Å². The predicted molar refractivity (Wildman–Crippen MR) is 163 cm³/mol. The summed E-state index contributed by atoms with van der Waals surface area (Å²) in [6.07, 6.45) is -6.69. The van der Waals surface area contributed by atoms with Crippen molar-refractivity contribution in [2.24, 2.45) is 5.73 Å². The van der Waals surface area contributed by atoms with Crippen LogP contribution < -0.4 is 16.4 Å². The van der Waals surface area contributed by atoms with E-state index < -0.39 is 79.4 Å². The highest BCUT2D eigenvalue weighted by molar-refractivity contribution is 5.88. The molecule has 0 aliphatic rings. The first-order chi connectivity index (χ1) is 21.1. The minimum absolute atomic E-state index is 0.131. The number of aliphatic hydroxyl groups is 8. The van der Waals surface area contributed by atoms with Gasteiger partial charge in [-0.25, -0.2) is 4.79 Å². The van der Waals surface area contributed by atoms with Gasteiger partial charge in [0, 0.05) is 26.3 Å². The van der Waals surface area contributed by atoms with E-state index in [0.29, 0.717) is 45.1 Å². The summed E-state index contributed by atoms with van der Waals surface area (Å²) in [7, 11) is 0. The lowest BCUT2D eigenvalue weighted by Crippen LogP contribution is -2.51. The summed E-state index contributed by atoms with van der Waals surface area (Å²) in [5.74, 6) is -1.24. The smallest absolute Gasteiger partial charge is 0.329 e. The molecule has 0 bridgehead atoms. The zero-order valence-electron chi connectivity index (χ0n) is 26.8. The van der Waals surface area contributed by atoms with Crippen molar-refractivity contribution in [3.8, 4) is 0 Å². The number of unbranched alkanes of at least 4 members (excludes halogenated alkanes) is 2. The molecular formula is C29H58N4O12. The highest BCUT2D eigenvalue weighted by atomic mass is 16.6. The van der Waals surface area contributed by atoms with E-state index in [0.717, 1.165) is 0 Å². The van der Waals surface area contributed by atoms with E-state index in [-0.39, 0.29) is 38.9 Å². The summed E-state index contributed by atoms with van der Waals surface area (Å²) in [5.41, 5.74) is 4.68. The molecule has 0 saturated carbocycles. The second-order valence-corrected chi connectivity index (χ2v) is 12.2. The van der Waals surface area contributed by atoms with Crippen molar-refractivity contribution in [1.82, 2.24) is 15.5 Å². The highest BCUT2D eigenvalue weighted by Gasteiger charge is 2.31. The van der Waals surface area contributed by atoms with E-state index in [2.05, 4.69) is 10.6 Å². The Kier molecular flexibility index (Phi) is 22.3. The van der Waals surface area contributed by atoms with Gasteiger partial charge in [-0.1, -0.05) is 0 Å². The lowest BCUT2D eigenvalue weighted by atomic mass is 10.0. The van der Waals surface area contributed by atoms with E-state index in [1.165, 1.54) is 4.90 Å². The minimum atomic E-state index is -1.62. The number of rotatable bonds is 26. The van der Waals surface area contributed by atoms with E-state index in [1.807, 2.05) is 0 Å². The summed E-state index contributed by atoms with van der Waals surface area (Å²) in [6.45, 7) is 4.25. The normalized spacial score (nSPS) is 17.4. The van der Waals surface area contributed by atoms with E-state index in [9.17, 15) is 45.0 Å². The first-order valence-electron chi connectivity index (χ1n) is 15.6. The molecule has 0 spiro atoms. The van der Waals surface area contributed by atoms with Crippen molar-refractivity contribution in [2.75, 3.05) is 39.4 Å². The van der Waals surface area contributed by atoms with Crippen molar-refractivity contribution < 1.29 is 60.0 Å². The van der Waals surface area contributed by atoms with Crippen LogP contribution in [0.4, 0.5) is 0 Å². The third kappa shape index (κ3) is 18.7. The van der Waals surface area contributed by atoms with Gasteiger partial charge in [-0.05, 0) is 85.2 Å². The van der Waals surface area contributed by atoms with Crippen LogP contribution in [0.5, 0.6) is 0 Å². The summed E-state index contributed by atoms with van der Waals surface area (Å²) < 4.78 is 5.48. The molecule has 7 unspecified atom stereocenters. The van der Waals surface area contributed by atoms with Crippen LogP contribution in [0.3, 0.4) is 0 Å². The van der Waals surface area contributed by atoms with Crippen LogP contribution in [0.1, 0.15) is 72.1 Å². The number of amides is 2. The number of carbonyl (C=O) groups excluding carboxylic acids is 3. The lowest BCUT2D eigenvalue weighted by molar-refractivity contribution is -0.159. The van der Waals surface area contributed by atoms with E-state index >= 15 is 0 Å². The molecule has 12 N–H and O–H groups in total. The number of carbonyl (C=O) groups is 3. The van der Waals surface area contributed by atoms with Gasteiger partial charge < -0.3 is 62.0 Å². The van der Waals surface area contributed by atoms with Crippen molar-refractivity contribution in [3.63, 3.8) is 0 Å². The van der Waals surface area contributed by atoms with Crippen molar-refractivity contribution in [1.29, 1.82) is 0 Å². The third-order valence-electron chi connectivity index (χ3n) is 7.07. The minimum Gasteiger partial charge on any atom is -0.458 e. The maximum absolute atomic E-state index is 13.0. The standard InChI is InChI=1S/C29H58N4O12/c1-29(2,3)45-28(44)20(32-27(43)19(31-18-36)8-4-6-12-30)9-5-7-13-33(16-23(39)25(41)21(37)10-14-34)17-24(40)26(42)22(38)11-15-35/h18-26,34-35,37-42H,4-17,30H2,1-3H3,(H,31,36)(H,32,43)/t19-,20?,21?,22?,23?,24?,25?,26?/m0/s1. The molecular weight excluding hydrogens is 596 g/mol. The molecule has 0 radical (unpaired) electrons. The van der Waals surface area contributed by atoms with Crippen molar-refractivity contribution in [2.45, 2.75) is 126 Å². The van der Waals surface area contributed by atoms with E-state index in [1.54, 1.807) is 20.8 Å². The molecule has 2 amide bonds. The van der Waals surface area contributed by atoms with Gasteiger partial charge in [-0.15, -0.1) is 0 Å².